The third kappa shape index (κ3) is 2.81. The molecule has 5 rings (SSSR count). The van der Waals surface area contributed by atoms with Gasteiger partial charge in [-0.05, 0) is 37.8 Å². The lowest BCUT2D eigenvalue weighted by molar-refractivity contribution is 0.740. The number of nitrogens with zero attached hydrogens (tertiary/aromatic N) is 3. The van der Waals surface area contributed by atoms with Crippen LogP contribution >= 0.6 is 0 Å². The minimum Gasteiger partial charge on any atom is -0.367 e. The molecule has 1 atom stereocenters. The van der Waals surface area contributed by atoms with E-state index >= 15 is 0 Å². The van der Waals surface area contributed by atoms with Crippen molar-refractivity contribution in [2.24, 2.45) is 0 Å². The van der Waals surface area contributed by atoms with Gasteiger partial charge in [-0.1, -0.05) is 48.5 Å². The Kier molecular flexibility index (Phi) is 3.63. The highest BCUT2D eigenvalue weighted by molar-refractivity contribution is 5.71. The van der Waals surface area contributed by atoms with Crippen LogP contribution in [0.2, 0.25) is 0 Å². The molecule has 3 aromatic rings. The molecule has 2 aliphatic rings. The maximum Gasteiger partial charge on any atom is 0.232 e. The fourth-order valence-electron chi connectivity index (χ4n) is 3.68. The Morgan fingerprint density at radius 2 is 1.73 bits per heavy atom. The first-order valence-electron chi connectivity index (χ1n) is 9.36. The fraction of sp³-hybridized carbons (Fsp3) is 0.273. The van der Waals surface area contributed by atoms with Gasteiger partial charge in [0.15, 0.2) is 0 Å². The van der Waals surface area contributed by atoms with Gasteiger partial charge in [0, 0.05) is 29.4 Å². The number of fused-ring (bicyclic) bond motifs is 1. The van der Waals surface area contributed by atoms with Crippen molar-refractivity contribution in [3.05, 3.63) is 66.2 Å². The summed E-state index contributed by atoms with van der Waals surface area (Å²) < 4.78 is 0. The zero-order valence-corrected chi connectivity index (χ0v) is 14.9. The molecule has 0 amide bonds. The van der Waals surface area contributed by atoms with Crippen molar-refractivity contribution in [2.45, 2.75) is 38.3 Å². The summed E-state index contributed by atoms with van der Waals surface area (Å²) in [5.41, 5.74) is 4.68. The minimum absolute atomic E-state index is 0.354. The lowest BCUT2D eigenvalue weighted by Crippen LogP contribution is -2.26. The van der Waals surface area contributed by atoms with Crippen LogP contribution in [0.4, 0.5) is 17.5 Å². The molecular weight excluding hydrogens is 320 g/mol. The van der Waals surface area contributed by atoms with Crippen LogP contribution in [-0.2, 0) is 6.42 Å². The number of benzene rings is 2. The largest absolute Gasteiger partial charge is 0.367 e. The summed E-state index contributed by atoms with van der Waals surface area (Å²) in [5, 5.41) is 3.55. The second-order valence-electron chi connectivity index (χ2n) is 7.27. The van der Waals surface area contributed by atoms with Crippen molar-refractivity contribution < 1.29 is 0 Å². The van der Waals surface area contributed by atoms with E-state index in [1.807, 2.05) is 6.07 Å². The average Bonchev–Trinajstić information content (AvgIpc) is 3.41. The van der Waals surface area contributed by atoms with E-state index in [-0.39, 0.29) is 0 Å². The van der Waals surface area contributed by atoms with Gasteiger partial charge in [0.25, 0.3) is 0 Å². The summed E-state index contributed by atoms with van der Waals surface area (Å²) in [7, 11) is 0. The predicted octanol–water partition coefficient (Wildman–Crippen LogP) is 4.80. The number of aromatic nitrogens is 2. The molecule has 4 nitrogen and oxygen atoms in total. The Hall–Kier alpha value is -2.88. The van der Waals surface area contributed by atoms with Crippen molar-refractivity contribution in [1.29, 1.82) is 0 Å². The average molecular weight is 342 g/mol. The molecule has 1 N–H and O–H groups in total. The van der Waals surface area contributed by atoms with E-state index in [1.54, 1.807) is 0 Å². The maximum absolute atomic E-state index is 4.94. The van der Waals surface area contributed by atoms with Gasteiger partial charge in [-0.25, -0.2) is 4.98 Å². The number of anilines is 3. The molecule has 0 spiro atoms. The molecule has 1 unspecified atom stereocenters. The first-order valence-corrected chi connectivity index (χ1v) is 9.36. The van der Waals surface area contributed by atoms with Gasteiger partial charge < -0.3 is 10.2 Å². The molecule has 1 aliphatic heterocycles. The Labute approximate surface area is 153 Å². The van der Waals surface area contributed by atoms with Gasteiger partial charge in [-0.3, -0.25) is 0 Å². The predicted molar refractivity (Wildman–Crippen MR) is 106 cm³/mol. The summed E-state index contributed by atoms with van der Waals surface area (Å²) in [6.45, 7) is 2.24. The third-order valence-corrected chi connectivity index (χ3v) is 5.14. The molecule has 1 fully saturated rings. The summed E-state index contributed by atoms with van der Waals surface area (Å²) in [6.07, 6.45) is 3.48. The summed E-state index contributed by atoms with van der Waals surface area (Å²) in [6, 6.07) is 21.9. The molecule has 0 bridgehead atoms. The fourth-order valence-corrected chi connectivity index (χ4v) is 3.68. The van der Waals surface area contributed by atoms with Crippen LogP contribution in [0.1, 0.15) is 25.3 Å². The standard InChI is InChI=1S/C22H22N4/c1-15-13-17-9-5-6-10-20(17)26(15)22-24-19(16-7-3-2-4-8-16)14-21(25-22)23-18-11-12-18/h2-10,14-15,18H,11-13H2,1H3,(H,23,24,25). The van der Waals surface area contributed by atoms with Crippen LogP contribution in [0.5, 0.6) is 0 Å². The number of rotatable bonds is 4. The van der Waals surface area contributed by atoms with Gasteiger partial charge in [0.2, 0.25) is 5.95 Å². The monoisotopic (exact) mass is 342 g/mol. The molecule has 0 saturated heterocycles. The molecule has 1 aliphatic carbocycles. The van der Waals surface area contributed by atoms with Gasteiger partial charge in [0.05, 0.1) is 5.69 Å². The van der Waals surface area contributed by atoms with Crippen molar-refractivity contribution in [1.82, 2.24) is 9.97 Å². The SMILES string of the molecule is CC1Cc2ccccc2N1c1nc(NC2CC2)cc(-c2ccccc2)n1. The van der Waals surface area contributed by atoms with Crippen molar-refractivity contribution in [3.63, 3.8) is 0 Å². The number of hydrogen-bond donors (Lipinski definition) is 1. The molecule has 2 heterocycles. The molecule has 26 heavy (non-hydrogen) atoms. The number of nitrogens with one attached hydrogen (secondary N) is 1. The van der Waals surface area contributed by atoms with Crippen LogP contribution < -0.4 is 10.2 Å². The Morgan fingerprint density at radius 3 is 2.54 bits per heavy atom. The number of para-hydroxylation sites is 1. The molecule has 2 aromatic carbocycles. The maximum atomic E-state index is 4.94. The molecule has 0 radical (unpaired) electrons. The Bertz CT molecular complexity index is 934. The van der Waals surface area contributed by atoms with Crippen molar-refractivity contribution in [2.75, 3.05) is 10.2 Å². The van der Waals surface area contributed by atoms with Crippen LogP contribution in [0, 0.1) is 0 Å². The number of hydrogen-bond acceptors (Lipinski definition) is 4. The molecule has 1 aromatic heterocycles. The van der Waals surface area contributed by atoms with E-state index < -0.39 is 0 Å². The van der Waals surface area contributed by atoms with Crippen LogP contribution in [0.3, 0.4) is 0 Å². The highest BCUT2D eigenvalue weighted by Gasteiger charge is 2.30. The van der Waals surface area contributed by atoms with E-state index in [0.717, 1.165) is 29.4 Å². The first kappa shape index (κ1) is 15.4. The quantitative estimate of drug-likeness (QED) is 0.739. The molecule has 1 saturated carbocycles. The van der Waals surface area contributed by atoms with E-state index in [1.165, 1.54) is 24.1 Å². The smallest absolute Gasteiger partial charge is 0.232 e. The highest BCUT2D eigenvalue weighted by Crippen LogP contribution is 2.38. The van der Waals surface area contributed by atoms with Gasteiger partial charge in [-0.15, -0.1) is 0 Å². The lowest BCUT2D eigenvalue weighted by atomic mass is 10.1. The summed E-state index contributed by atoms with van der Waals surface area (Å²) in [5.74, 6) is 1.71. The Balaban J connectivity index is 1.61. The molecule has 130 valence electrons. The van der Waals surface area contributed by atoms with Crippen molar-refractivity contribution in [3.8, 4) is 11.3 Å². The van der Waals surface area contributed by atoms with Gasteiger partial charge in [0.1, 0.15) is 5.82 Å². The summed E-state index contributed by atoms with van der Waals surface area (Å²) in [4.78, 5) is 12.1. The van der Waals surface area contributed by atoms with E-state index in [0.29, 0.717) is 12.1 Å². The van der Waals surface area contributed by atoms with Crippen LogP contribution in [0.25, 0.3) is 11.3 Å². The van der Waals surface area contributed by atoms with E-state index in [9.17, 15) is 0 Å². The Morgan fingerprint density at radius 1 is 0.962 bits per heavy atom. The zero-order valence-electron chi connectivity index (χ0n) is 14.9. The third-order valence-electron chi connectivity index (χ3n) is 5.14. The van der Waals surface area contributed by atoms with Gasteiger partial charge in [-0.2, -0.15) is 4.98 Å². The minimum atomic E-state index is 0.354. The summed E-state index contributed by atoms with van der Waals surface area (Å²) >= 11 is 0. The van der Waals surface area contributed by atoms with Crippen LogP contribution in [-0.4, -0.2) is 22.1 Å². The normalized spacial score (nSPS) is 18.7. The second kappa shape index (κ2) is 6.13. The second-order valence-corrected chi connectivity index (χ2v) is 7.27. The topological polar surface area (TPSA) is 41.1 Å². The lowest BCUT2D eigenvalue weighted by Gasteiger charge is -2.24. The highest BCUT2D eigenvalue weighted by atomic mass is 15.3. The molecular formula is C22H22N4. The van der Waals surface area contributed by atoms with E-state index in [2.05, 4.69) is 71.7 Å². The van der Waals surface area contributed by atoms with Crippen molar-refractivity contribution >= 4 is 17.5 Å². The van der Waals surface area contributed by atoms with Gasteiger partial charge >= 0.3 is 0 Å². The van der Waals surface area contributed by atoms with Crippen LogP contribution in [0.15, 0.2) is 60.7 Å². The van der Waals surface area contributed by atoms with E-state index in [4.69, 9.17) is 9.97 Å². The zero-order chi connectivity index (χ0) is 17.5. The first-order chi connectivity index (χ1) is 12.8. The molecule has 4 heteroatoms.